The van der Waals surface area contributed by atoms with Crippen LogP contribution >= 0.6 is 11.6 Å². The van der Waals surface area contributed by atoms with Gasteiger partial charge in [0.05, 0.1) is 5.02 Å². The highest BCUT2D eigenvalue weighted by Gasteiger charge is 2.32. The van der Waals surface area contributed by atoms with Crippen molar-refractivity contribution in [3.8, 4) is 0 Å². The van der Waals surface area contributed by atoms with Gasteiger partial charge in [-0.15, -0.1) is 0 Å². The molecule has 3 heterocycles. The molecular formula is C15H23ClN4O2S. The highest BCUT2D eigenvalue weighted by atomic mass is 35.5. The molecule has 0 atom stereocenters. The molecule has 3 rings (SSSR count). The van der Waals surface area contributed by atoms with Gasteiger partial charge in [0.1, 0.15) is 0 Å². The number of nitrogens with zero attached hydrogens (tertiary/aromatic N) is 4. The summed E-state index contributed by atoms with van der Waals surface area (Å²) in [5.74, 6) is 0. The van der Waals surface area contributed by atoms with Crippen molar-refractivity contribution in [2.75, 3.05) is 39.3 Å². The second-order valence-electron chi connectivity index (χ2n) is 6.11. The summed E-state index contributed by atoms with van der Waals surface area (Å²) >= 11 is 6.17. The van der Waals surface area contributed by atoms with Gasteiger partial charge in [-0.1, -0.05) is 11.6 Å². The Balaban J connectivity index is 1.62. The number of pyridine rings is 1. The Morgan fingerprint density at radius 1 is 1.00 bits per heavy atom. The number of aromatic nitrogens is 1. The molecule has 128 valence electrons. The molecule has 0 aliphatic carbocycles. The predicted octanol–water partition coefficient (Wildman–Crippen LogP) is 1.58. The molecule has 1 aromatic rings. The standard InChI is InChI=1S/C15H23ClN4O2S/c16-15-12-17-5-4-14(15)13-18-6-3-9-20(11-10-18)23(21,22)19-7-1-2-8-19/h4-5,12H,1-3,6-11,13H2. The summed E-state index contributed by atoms with van der Waals surface area (Å²) in [5, 5.41) is 0.665. The molecule has 2 fully saturated rings. The molecule has 8 heteroatoms. The minimum absolute atomic E-state index is 0.543. The summed E-state index contributed by atoms with van der Waals surface area (Å²) in [6.45, 7) is 4.81. The van der Waals surface area contributed by atoms with Gasteiger partial charge in [-0.3, -0.25) is 9.88 Å². The van der Waals surface area contributed by atoms with Crippen LogP contribution in [-0.2, 0) is 16.8 Å². The Kier molecular flexibility index (Phi) is 5.53. The Bertz CT molecular complexity index is 634. The zero-order chi connectivity index (χ0) is 16.3. The summed E-state index contributed by atoms with van der Waals surface area (Å²) in [5.41, 5.74) is 1.04. The maximum atomic E-state index is 12.7. The van der Waals surface area contributed by atoms with Crippen molar-refractivity contribution in [1.82, 2.24) is 18.5 Å². The fraction of sp³-hybridized carbons (Fsp3) is 0.667. The van der Waals surface area contributed by atoms with Crippen LogP contribution in [-0.4, -0.2) is 66.2 Å². The van der Waals surface area contributed by atoms with Crippen molar-refractivity contribution in [2.24, 2.45) is 0 Å². The zero-order valence-corrected chi connectivity index (χ0v) is 14.8. The first-order chi connectivity index (χ1) is 11.1. The van der Waals surface area contributed by atoms with E-state index in [-0.39, 0.29) is 0 Å². The quantitative estimate of drug-likeness (QED) is 0.820. The van der Waals surface area contributed by atoms with Crippen LogP contribution in [0.5, 0.6) is 0 Å². The molecule has 1 aromatic heterocycles. The van der Waals surface area contributed by atoms with Gasteiger partial charge >= 0.3 is 0 Å². The number of hydrogen-bond acceptors (Lipinski definition) is 4. The van der Waals surface area contributed by atoms with Crippen LogP contribution in [0.1, 0.15) is 24.8 Å². The van der Waals surface area contributed by atoms with E-state index in [0.717, 1.165) is 44.5 Å². The van der Waals surface area contributed by atoms with Gasteiger partial charge in [0.2, 0.25) is 0 Å². The maximum absolute atomic E-state index is 12.7. The smallest absolute Gasteiger partial charge is 0.282 e. The molecule has 0 N–H and O–H groups in total. The molecule has 0 unspecified atom stereocenters. The lowest BCUT2D eigenvalue weighted by Gasteiger charge is -2.26. The van der Waals surface area contributed by atoms with E-state index in [2.05, 4.69) is 9.88 Å². The van der Waals surface area contributed by atoms with E-state index in [0.29, 0.717) is 31.2 Å². The van der Waals surface area contributed by atoms with Crippen LogP contribution in [0.25, 0.3) is 0 Å². The van der Waals surface area contributed by atoms with E-state index in [1.807, 2.05) is 6.07 Å². The third-order valence-corrected chi connectivity index (χ3v) is 6.89. The molecule has 6 nitrogen and oxygen atoms in total. The van der Waals surface area contributed by atoms with Gasteiger partial charge < -0.3 is 0 Å². The van der Waals surface area contributed by atoms with Gasteiger partial charge in [-0.05, 0) is 37.4 Å². The van der Waals surface area contributed by atoms with E-state index >= 15 is 0 Å². The average molecular weight is 359 g/mol. The van der Waals surface area contributed by atoms with E-state index in [1.54, 1.807) is 21.0 Å². The van der Waals surface area contributed by atoms with Gasteiger partial charge in [-0.2, -0.15) is 17.0 Å². The van der Waals surface area contributed by atoms with Gasteiger partial charge in [0.25, 0.3) is 10.2 Å². The highest BCUT2D eigenvalue weighted by Crippen LogP contribution is 2.20. The largest absolute Gasteiger partial charge is 0.298 e. The Morgan fingerprint density at radius 2 is 1.70 bits per heavy atom. The summed E-state index contributed by atoms with van der Waals surface area (Å²) in [6, 6.07) is 1.92. The maximum Gasteiger partial charge on any atom is 0.282 e. The number of hydrogen-bond donors (Lipinski definition) is 0. The first-order valence-electron chi connectivity index (χ1n) is 8.13. The van der Waals surface area contributed by atoms with Crippen LogP contribution < -0.4 is 0 Å². The highest BCUT2D eigenvalue weighted by molar-refractivity contribution is 7.86. The topological polar surface area (TPSA) is 56.8 Å². The van der Waals surface area contributed by atoms with Crippen molar-refractivity contribution >= 4 is 21.8 Å². The van der Waals surface area contributed by atoms with Gasteiger partial charge in [0.15, 0.2) is 0 Å². The SMILES string of the molecule is O=S(=O)(N1CCCC1)N1CCCN(Cc2ccncc2Cl)CC1. The first kappa shape index (κ1) is 17.1. The fourth-order valence-corrected chi connectivity index (χ4v) is 5.09. The summed E-state index contributed by atoms with van der Waals surface area (Å²) < 4.78 is 28.6. The number of halogens is 1. The van der Waals surface area contributed by atoms with E-state index in [1.165, 1.54) is 0 Å². The molecule has 0 radical (unpaired) electrons. The molecular weight excluding hydrogens is 336 g/mol. The first-order valence-corrected chi connectivity index (χ1v) is 9.91. The molecule has 23 heavy (non-hydrogen) atoms. The van der Waals surface area contributed by atoms with Crippen LogP contribution in [0, 0.1) is 0 Å². The normalized spacial score (nSPS) is 22.3. The van der Waals surface area contributed by atoms with Crippen LogP contribution in [0.4, 0.5) is 0 Å². The lowest BCUT2D eigenvalue weighted by Crippen LogP contribution is -2.44. The second-order valence-corrected chi connectivity index (χ2v) is 8.45. The molecule has 0 bridgehead atoms. The Hall–Kier alpha value is -0.730. The average Bonchev–Trinajstić information content (AvgIpc) is 2.97. The van der Waals surface area contributed by atoms with Crippen molar-refractivity contribution in [1.29, 1.82) is 0 Å². The van der Waals surface area contributed by atoms with Crippen LogP contribution in [0.2, 0.25) is 5.02 Å². The Labute approximate surface area is 143 Å². The molecule has 2 saturated heterocycles. The van der Waals surface area contributed by atoms with Crippen molar-refractivity contribution in [3.63, 3.8) is 0 Å². The molecule has 2 aliphatic heterocycles. The zero-order valence-electron chi connectivity index (χ0n) is 13.2. The summed E-state index contributed by atoms with van der Waals surface area (Å²) in [4.78, 5) is 6.27. The summed E-state index contributed by atoms with van der Waals surface area (Å²) in [7, 11) is -3.29. The molecule has 2 aliphatic rings. The lowest BCUT2D eigenvalue weighted by molar-refractivity contribution is 0.276. The molecule has 0 spiro atoms. The second kappa shape index (κ2) is 7.44. The molecule has 0 aromatic carbocycles. The van der Waals surface area contributed by atoms with Gasteiger partial charge in [0, 0.05) is 51.7 Å². The van der Waals surface area contributed by atoms with Crippen LogP contribution in [0.15, 0.2) is 18.5 Å². The number of rotatable bonds is 4. The lowest BCUT2D eigenvalue weighted by atomic mass is 10.2. The molecule has 0 saturated carbocycles. The van der Waals surface area contributed by atoms with E-state index in [4.69, 9.17) is 11.6 Å². The summed E-state index contributed by atoms with van der Waals surface area (Å²) in [6.07, 6.45) is 6.18. The minimum atomic E-state index is -3.29. The fourth-order valence-electron chi connectivity index (χ4n) is 3.19. The Morgan fingerprint density at radius 3 is 2.43 bits per heavy atom. The third kappa shape index (κ3) is 4.03. The minimum Gasteiger partial charge on any atom is -0.298 e. The van der Waals surface area contributed by atoms with E-state index in [9.17, 15) is 8.42 Å². The van der Waals surface area contributed by atoms with E-state index < -0.39 is 10.2 Å². The monoisotopic (exact) mass is 358 g/mol. The molecule has 0 amide bonds. The third-order valence-electron chi connectivity index (χ3n) is 4.52. The predicted molar refractivity (Wildman–Crippen MR) is 90.4 cm³/mol. The van der Waals surface area contributed by atoms with Crippen molar-refractivity contribution < 1.29 is 8.42 Å². The van der Waals surface area contributed by atoms with Gasteiger partial charge in [-0.25, -0.2) is 0 Å². The van der Waals surface area contributed by atoms with Crippen LogP contribution in [0.3, 0.4) is 0 Å². The van der Waals surface area contributed by atoms with Crippen molar-refractivity contribution in [2.45, 2.75) is 25.8 Å². The van der Waals surface area contributed by atoms with Crippen molar-refractivity contribution in [3.05, 3.63) is 29.0 Å².